The Bertz CT molecular complexity index is 617. The number of ether oxygens (including phenoxy) is 1. The van der Waals surface area contributed by atoms with Gasteiger partial charge in [0.2, 0.25) is 0 Å². The highest BCUT2D eigenvalue weighted by Gasteiger charge is 2.12. The quantitative estimate of drug-likeness (QED) is 0.935. The van der Waals surface area contributed by atoms with Gasteiger partial charge in [-0.25, -0.2) is 9.78 Å². The number of hydrogen-bond donors (Lipinski definition) is 1. The molecule has 2 rings (SSSR count). The summed E-state index contributed by atoms with van der Waals surface area (Å²) in [5.74, 6) is -0.946. The van der Waals surface area contributed by atoms with Gasteiger partial charge in [-0.05, 0) is 24.3 Å². The molecule has 4 nitrogen and oxygen atoms in total. The molecule has 0 aliphatic heterocycles. The average Bonchev–Trinajstić information content (AvgIpc) is 2.38. The van der Waals surface area contributed by atoms with Crippen molar-refractivity contribution in [1.29, 1.82) is 0 Å². The molecule has 0 saturated heterocycles. The summed E-state index contributed by atoms with van der Waals surface area (Å²) >= 11 is 11.8. The molecule has 19 heavy (non-hydrogen) atoms. The molecule has 98 valence electrons. The molecule has 0 bridgehead atoms. The fourth-order valence-electron chi connectivity index (χ4n) is 1.46. The van der Waals surface area contributed by atoms with E-state index in [0.29, 0.717) is 15.6 Å². The first kappa shape index (κ1) is 13.6. The van der Waals surface area contributed by atoms with Crippen LogP contribution in [0.1, 0.15) is 16.1 Å². The van der Waals surface area contributed by atoms with Crippen LogP contribution in [0.3, 0.4) is 0 Å². The SMILES string of the molecule is O=C(O)c1ncccc1OCc1ccc(Cl)cc1Cl. The molecular weight excluding hydrogens is 289 g/mol. The van der Waals surface area contributed by atoms with E-state index < -0.39 is 5.97 Å². The van der Waals surface area contributed by atoms with Crippen molar-refractivity contribution in [3.05, 3.63) is 57.8 Å². The summed E-state index contributed by atoms with van der Waals surface area (Å²) in [7, 11) is 0. The zero-order valence-electron chi connectivity index (χ0n) is 9.64. The van der Waals surface area contributed by atoms with E-state index in [1.54, 1.807) is 30.3 Å². The number of pyridine rings is 1. The second-order valence-corrected chi connectivity index (χ2v) is 4.52. The Morgan fingerprint density at radius 2 is 2.11 bits per heavy atom. The minimum Gasteiger partial charge on any atom is -0.486 e. The van der Waals surface area contributed by atoms with Gasteiger partial charge in [-0.1, -0.05) is 29.3 Å². The summed E-state index contributed by atoms with van der Waals surface area (Å²) in [6.45, 7) is 0.141. The molecule has 1 aromatic heterocycles. The predicted octanol–water partition coefficient (Wildman–Crippen LogP) is 3.67. The van der Waals surface area contributed by atoms with Crippen molar-refractivity contribution in [2.24, 2.45) is 0 Å². The number of carbonyl (C=O) groups is 1. The highest BCUT2D eigenvalue weighted by atomic mass is 35.5. The first-order valence-corrected chi connectivity index (χ1v) is 6.08. The van der Waals surface area contributed by atoms with Crippen LogP contribution >= 0.6 is 23.2 Å². The summed E-state index contributed by atoms with van der Waals surface area (Å²) in [5, 5.41) is 9.96. The molecule has 0 amide bonds. The molecule has 1 aromatic carbocycles. The Morgan fingerprint density at radius 1 is 1.32 bits per heavy atom. The lowest BCUT2D eigenvalue weighted by Crippen LogP contribution is -2.05. The smallest absolute Gasteiger partial charge is 0.358 e. The second-order valence-electron chi connectivity index (χ2n) is 3.68. The van der Waals surface area contributed by atoms with Crippen LogP contribution in [-0.4, -0.2) is 16.1 Å². The largest absolute Gasteiger partial charge is 0.486 e. The molecule has 0 fully saturated rings. The van der Waals surface area contributed by atoms with Crippen molar-refractivity contribution >= 4 is 29.2 Å². The standard InChI is InChI=1S/C13H9Cl2NO3/c14-9-4-3-8(10(15)6-9)7-19-11-2-1-5-16-12(11)13(17)18/h1-6H,7H2,(H,17,18). The third-order valence-electron chi connectivity index (χ3n) is 2.37. The summed E-state index contributed by atoms with van der Waals surface area (Å²) in [4.78, 5) is 14.7. The molecule has 0 unspecified atom stereocenters. The van der Waals surface area contributed by atoms with E-state index >= 15 is 0 Å². The van der Waals surface area contributed by atoms with Gasteiger partial charge in [0.05, 0.1) is 0 Å². The van der Waals surface area contributed by atoms with Crippen molar-refractivity contribution in [2.75, 3.05) is 0 Å². The summed E-state index contributed by atoms with van der Waals surface area (Å²) in [6, 6.07) is 8.16. The lowest BCUT2D eigenvalue weighted by Gasteiger charge is -2.09. The first-order chi connectivity index (χ1) is 9.08. The van der Waals surface area contributed by atoms with Crippen LogP contribution in [0.4, 0.5) is 0 Å². The molecule has 6 heteroatoms. The lowest BCUT2D eigenvalue weighted by atomic mass is 10.2. The molecule has 0 atom stereocenters. The number of aromatic carboxylic acids is 1. The average molecular weight is 298 g/mol. The van der Waals surface area contributed by atoms with Crippen LogP contribution < -0.4 is 4.74 Å². The molecule has 0 spiro atoms. The first-order valence-electron chi connectivity index (χ1n) is 5.33. The van der Waals surface area contributed by atoms with Gasteiger partial charge in [-0.15, -0.1) is 0 Å². The third-order valence-corrected chi connectivity index (χ3v) is 2.96. The maximum absolute atomic E-state index is 11.0. The molecule has 0 saturated carbocycles. The Hall–Kier alpha value is -1.78. The van der Waals surface area contributed by atoms with Crippen LogP contribution in [0.15, 0.2) is 36.5 Å². The Labute approximate surface area is 119 Å². The Morgan fingerprint density at radius 3 is 2.79 bits per heavy atom. The molecule has 0 radical (unpaired) electrons. The van der Waals surface area contributed by atoms with Gasteiger partial charge < -0.3 is 9.84 Å². The molecular formula is C13H9Cl2NO3. The van der Waals surface area contributed by atoms with Gasteiger partial charge in [0.25, 0.3) is 0 Å². The van der Waals surface area contributed by atoms with Crippen LogP contribution in [0.25, 0.3) is 0 Å². The number of carboxylic acids is 1. The van der Waals surface area contributed by atoms with Crippen molar-refractivity contribution in [3.8, 4) is 5.75 Å². The van der Waals surface area contributed by atoms with Crippen LogP contribution in [0.2, 0.25) is 10.0 Å². The lowest BCUT2D eigenvalue weighted by molar-refractivity contribution is 0.0685. The van der Waals surface area contributed by atoms with E-state index in [1.165, 1.54) is 6.20 Å². The van der Waals surface area contributed by atoms with Crippen LogP contribution in [0, 0.1) is 0 Å². The van der Waals surface area contributed by atoms with Crippen molar-refractivity contribution in [1.82, 2.24) is 4.98 Å². The molecule has 0 aliphatic carbocycles. The summed E-state index contributed by atoms with van der Waals surface area (Å²) < 4.78 is 5.43. The molecule has 1 N–H and O–H groups in total. The zero-order valence-corrected chi connectivity index (χ0v) is 11.1. The minimum atomic E-state index is -1.14. The number of aromatic nitrogens is 1. The normalized spacial score (nSPS) is 10.2. The Kier molecular flexibility index (Phi) is 4.24. The zero-order chi connectivity index (χ0) is 13.8. The van der Waals surface area contributed by atoms with E-state index in [-0.39, 0.29) is 18.1 Å². The number of rotatable bonds is 4. The number of benzene rings is 1. The van der Waals surface area contributed by atoms with Gasteiger partial charge in [0, 0.05) is 21.8 Å². The molecule has 1 heterocycles. The maximum atomic E-state index is 11.0. The fraction of sp³-hybridized carbons (Fsp3) is 0.0769. The summed E-state index contributed by atoms with van der Waals surface area (Å²) in [6.07, 6.45) is 1.39. The number of carboxylic acid groups (broad SMARTS) is 1. The predicted molar refractivity (Wildman–Crippen MR) is 72.0 cm³/mol. The van der Waals surface area contributed by atoms with Gasteiger partial charge in [0.1, 0.15) is 6.61 Å². The van der Waals surface area contributed by atoms with Crippen LogP contribution in [-0.2, 0) is 6.61 Å². The minimum absolute atomic E-state index is 0.132. The van der Waals surface area contributed by atoms with E-state index in [4.69, 9.17) is 33.0 Å². The Balaban J connectivity index is 2.17. The van der Waals surface area contributed by atoms with Gasteiger partial charge in [-0.2, -0.15) is 0 Å². The van der Waals surface area contributed by atoms with E-state index in [2.05, 4.69) is 4.98 Å². The monoisotopic (exact) mass is 297 g/mol. The number of nitrogens with zero attached hydrogens (tertiary/aromatic N) is 1. The fourth-order valence-corrected chi connectivity index (χ4v) is 1.92. The second kappa shape index (κ2) is 5.91. The van der Waals surface area contributed by atoms with E-state index in [1.807, 2.05) is 0 Å². The third kappa shape index (κ3) is 3.36. The van der Waals surface area contributed by atoms with E-state index in [9.17, 15) is 4.79 Å². The highest BCUT2D eigenvalue weighted by Crippen LogP contribution is 2.23. The highest BCUT2D eigenvalue weighted by molar-refractivity contribution is 6.35. The molecule has 0 aliphatic rings. The van der Waals surface area contributed by atoms with E-state index in [0.717, 1.165) is 0 Å². The van der Waals surface area contributed by atoms with Crippen LogP contribution in [0.5, 0.6) is 5.75 Å². The number of hydrogen-bond acceptors (Lipinski definition) is 3. The van der Waals surface area contributed by atoms with Crippen molar-refractivity contribution in [3.63, 3.8) is 0 Å². The van der Waals surface area contributed by atoms with Crippen molar-refractivity contribution in [2.45, 2.75) is 6.61 Å². The van der Waals surface area contributed by atoms with Crippen molar-refractivity contribution < 1.29 is 14.6 Å². The topological polar surface area (TPSA) is 59.4 Å². The maximum Gasteiger partial charge on any atom is 0.358 e. The van der Waals surface area contributed by atoms with Gasteiger partial charge in [-0.3, -0.25) is 0 Å². The summed E-state index contributed by atoms with van der Waals surface area (Å²) in [5.41, 5.74) is 0.582. The molecule has 2 aromatic rings. The van der Waals surface area contributed by atoms with Gasteiger partial charge >= 0.3 is 5.97 Å². The van der Waals surface area contributed by atoms with Gasteiger partial charge in [0.15, 0.2) is 11.4 Å². The number of halogens is 2.